The molecule has 0 radical (unpaired) electrons. The first-order chi connectivity index (χ1) is 13.1. The summed E-state index contributed by atoms with van der Waals surface area (Å²) in [7, 11) is -2.39. The lowest BCUT2D eigenvalue weighted by atomic mass is 10.1. The predicted octanol–water partition coefficient (Wildman–Crippen LogP) is 2.84. The Morgan fingerprint density at radius 3 is 2.43 bits per heavy atom. The number of sulfonamides is 1. The van der Waals surface area contributed by atoms with Gasteiger partial charge >= 0.3 is 5.97 Å². The van der Waals surface area contributed by atoms with Gasteiger partial charge in [-0.3, -0.25) is 4.79 Å². The molecule has 0 aliphatic carbocycles. The molecule has 1 amide bonds. The van der Waals surface area contributed by atoms with Gasteiger partial charge in [-0.2, -0.15) is 4.31 Å². The van der Waals surface area contributed by atoms with Gasteiger partial charge in [0.15, 0.2) is 0 Å². The fourth-order valence-electron chi connectivity index (χ4n) is 2.56. The fourth-order valence-corrected chi connectivity index (χ4v) is 3.48. The summed E-state index contributed by atoms with van der Waals surface area (Å²) in [5.41, 5.74) is 1.83. The van der Waals surface area contributed by atoms with Gasteiger partial charge in [-0.05, 0) is 36.2 Å². The number of methoxy groups -OCH3 is 1. The van der Waals surface area contributed by atoms with E-state index in [1.54, 1.807) is 49.4 Å². The van der Waals surface area contributed by atoms with Gasteiger partial charge in [0.25, 0.3) is 0 Å². The molecule has 2 aromatic rings. The van der Waals surface area contributed by atoms with E-state index in [0.717, 1.165) is 10.6 Å². The zero-order chi connectivity index (χ0) is 20.9. The molecule has 9 heteroatoms. The summed E-state index contributed by atoms with van der Waals surface area (Å²) in [4.78, 5) is 24.3. The van der Waals surface area contributed by atoms with Crippen LogP contribution in [0.5, 0.6) is 0 Å². The number of amides is 1. The van der Waals surface area contributed by atoms with Gasteiger partial charge in [-0.25, -0.2) is 13.2 Å². The Balaban J connectivity index is 2.19. The molecule has 7 nitrogen and oxygen atoms in total. The molecule has 0 spiro atoms. The highest BCUT2D eigenvalue weighted by Gasteiger charge is 2.22. The Labute approximate surface area is 169 Å². The standard InChI is InChI=1S/C19H21ClN2O5S/c1-13-15(19(24)27-2)8-6-10-17(13)21-18(23)12-22(28(3,25)26)11-14-7-4-5-9-16(14)20/h4-10H,11-12H2,1-3H3,(H,21,23). The van der Waals surface area contributed by atoms with Crippen molar-refractivity contribution in [3.63, 3.8) is 0 Å². The number of nitrogens with zero attached hydrogens (tertiary/aromatic N) is 1. The van der Waals surface area contributed by atoms with Gasteiger partial charge in [0.2, 0.25) is 15.9 Å². The molecule has 0 aromatic heterocycles. The maximum atomic E-state index is 12.5. The van der Waals surface area contributed by atoms with Crippen molar-refractivity contribution in [3.05, 3.63) is 64.2 Å². The second kappa shape index (κ2) is 9.18. The molecule has 0 saturated heterocycles. The maximum absolute atomic E-state index is 12.5. The van der Waals surface area contributed by atoms with Crippen LogP contribution in [-0.4, -0.2) is 44.5 Å². The third-order valence-electron chi connectivity index (χ3n) is 4.11. The molecule has 0 bridgehead atoms. The summed E-state index contributed by atoms with van der Waals surface area (Å²) in [6.45, 7) is 1.24. The van der Waals surface area contributed by atoms with Gasteiger partial charge in [0.1, 0.15) is 0 Å². The zero-order valence-electron chi connectivity index (χ0n) is 15.7. The minimum Gasteiger partial charge on any atom is -0.465 e. The molecule has 0 aliphatic heterocycles. The van der Waals surface area contributed by atoms with Gasteiger partial charge < -0.3 is 10.1 Å². The number of anilines is 1. The summed E-state index contributed by atoms with van der Waals surface area (Å²) in [5, 5.41) is 3.06. The normalized spacial score (nSPS) is 11.3. The lowest BCUT2D eigenvalue weighted by molar-refractivity contribution is -0.116. The van der Waals surface area contributed by atoms with Crippen LogP contribution in [-0.2, 0) is 26.1 Å². The van der Waals surface area contributed by atoms with Crippen LogP contribution in [0.1, 0.15) is 21.5 Å². The number of rotatable bonds is 7. The molecule has 0 unspecified atom stereocenters. The molecule has 0 heterocycles. The van der Waals surface area contributed by atoms with Gasteiger partial charge in [0, 0.05) is 17.3 Å². The first-order valence-electron chi connectivity index (χ1n) is 8.29. The van der Waals surface area contributed by atoms with Crippen LogP contribution in [0.15, 0.2) is 42.5 Å². The van der Waals surface area contributed by atoms with Crippen molar-refractivity contribution in [1.82, 2.24) is 4.31 Å². The van der Waals surface area contributed by atoms with Crippen LogP contribution in [0.25, 0.3) is 0 Å². The van der Waals surface area contributed by atoms with E-state index in [2.05, 4.69) is 5.32 Å². The van der Waals surface area contributed by atoms with Gasteiger partial charge in [-0.15, -0.1) is 0 Å². The van der Waals surface area contributed by atoms with E-state index in [-0.39, 0.29) is 6.54 Å². The third-order valence-corrected chi connectivity index (χ3v) is 5.67. The Hall–Kier alpha value is -2.42. The van der Waals surface area contributed by atoms with E-state index >= 15 is 0 Å². The number of hydrogen-bond donors (Lipinski definition) is 1. The Bertz CT molecular complexity index is 992. The summed E-state index contributed by atoms with van der Waals surface area (Å²) in [6, 6.07) is 11.6. The number of carbonyl (C=O) groups excluding carboxylic acids is 2. The minimum absolute atomic E-state index is 0.0346. The SMILES string of the molecule is COC(=O)c1cccc(NC(=O)CN(Cc2ccccc2Cl)S(C)(=O)=O)c1C. The van der Waals surface area contributed by atoms with E-state index in [1.165, 1.54) is 7.11 Å². The number of nitrogens with one attached hydrogen (secondary N) is 1. The van der Waals surface area contributed by atoms with E-state index in [1.807, 2.05) is 0 Å². The van der Waals surface area contributed by atoms with Crippen LogP contribution in [0, 0.1) is 6.92 Å². The average Bonchev–Trinajstić information content (AvgIpc) is 2.63. The predicted molar refractivity (Wildman–Crippen MR) is 108 cm³/mol. The zero-order valence-corrected chi connectivity index (χ0v) is 17.3. The number of hydrogen-bond acceptors (Lipinski definition) is 5. The molecule has 28 heavy (non-hydrogen) atoms. The van der Waals surface area contributed by atoms with Crippen LogP contribution in [0.3, 0.4) is 0 Å². The van der Waals surface area contributed by atoms with Gasteiger partial charge in [-0.1, -0.05) is 35.9 Å². The molecular formula is C19H21ClN2O5S. The number of ether oxygens (including phenoxy) is 1. The van der Waals surface area contributed by atoms with Crippen LogP contribution in [0.4, 0.5) is 5.69 Å². The Morgan fingerprint density at radius 1 is 1.14 bits per heavy atom. The van der Waals surface area contributed by atoms with Crippen molar-refractivity contribution in [2.45, 2.75) is 13.5 Å². The molecule has 150 valence electrons. The summed E-state index contributed by atoms with van der Waals surface area (Å²) >= 11 is 6.10. The highest BCUT2D eigenvalue weighted by atomic mass is 35.5. The first-order valence-corrected chi connectivity index (χ1v) is 10.5. The van der Waals surface area contributed by atoms with Crippen LogP contribution >= 0.6 is 11.6 Å². The molecule has 0 aliphatic rings. The largest absolute Gasteiger partial charge is 0.465 e. The molecule has 2 rings (SSSR count). The Morgan fingerprint density at radius 2 is 1.82 bits per heavy atom. The van der Waals surface area contributed by atoms with E-state index in [9.17, 15) is 18.0 Å². The number of carbonyl (C=O) groups is 2. The van der Waals surface area contributed by atoms with E-state index < -0.39 is 28.4 Å². The molecule has 0 fully saturated rings. The fraction of sp³-hybridized carbons (Fsp3) is 0.263. The molecular weight excluding hydrogens is 404 g/mol. The highest BCUT2D eigenvalue weighted by molar-refractivity contribution is 7.88. The van der Waals surface area contributed by atoms with Gasteiger partial charge in [0.05, 0.1) is 25.5 Å². The van der Waals surface area contributed by atoms with Crippen molar-refractivity contribution in [3.8, 4) is 0 Å². The summed E-state index contributed by atoms with van der Waals surface area (Å²) in [5.74, 6) is -1.06. The number of halogens is 1. The van der Waals surface area contributed by atoms with Crippen molar-refractivity contribution in [2.75, 3.05) is 25.2 Å². The molecule has 1 N–H and O–H groups in total. The quantitative estimate of drug-likeness (QED) is 0.690. The van der Waals surface area contributed by atoms with E-state index in [0.29, 0.717) is 27.4 Å². The van der Waals surface area contributed by atoms with Crippen molar-refractivity contribution in [2.24, 2.45) is 0 Å². The maximum Gasteiger partial charge on any atom is 0.338 e. The van der Waals surface area contributed by atoms with Crippen molar-refractivity contribution >= 4 is 39.2 Å². The second-order valence-corrected chi connectivity index (χ2v) is 8.53. The minimum atomic E-state index is -3.66. The molecule has 2 aromatic carbocycles. The summed E-state index contributed by atoms with van der Waals surface area (Å²) < 4.78 is 30.0. The number of esters is 1. The van der Waals surface area contributed by atoms with Crippen LogP contribution in [0.2, 0.25) is 5.02 Å². The highest BCUT2D eigenvalue weighted by Crippen LogP contribution is 2.21. The summed E-state index contributed by atoms with van der Waals surface area (Å²) in [6.07, 6.45) is 1.03. The van der Waals surface area contributed by atoms with Crippen molar-refractivity contribution in [1.29, 1.82) is 0 Å². The lowest BCUT2D eigenvalue weighted by Gasteiger charge is -2.20. The smallest absolute Gasteiger partial charge is 0.338 e. The second-order valence-electron chi connectivity index (χ2n) is 6.14. The third kappa shape index (κ3) is 5.54. The van der Waals surface area contributed by atoms with Crippen LogP contribution < -0.4 is 5.32 Å². The Kier molecular flexibility index (Phi) is 7.17. The monoisotopic (exact) mass is 424 g/mol. The van der Waals surface area contributed by atoms with Crippen molar-refractivity contribution < 1.29 is 22.7 Å². The number of benzene rings is 2. The lowest BCUT2D eigenvalue weighted by Crippen LogP contribution is -2.37. The average molecular weight is 425 g/mol. The molecule has 0 saturated carbocycles. The van der Waals surface area contributed by atoms with E-state index in [4.69, 9.17) is 16.3 Å². The first kappa shape index (κ1) is 21.9. The topological polar surface area (TPSA) is 92.8 Å². The molecule has 0 atom stereocenters.